The Morgan fingerprint density at radius 2 is 2.00 bits per heavy atom. The van der Waals surface area contributed by atoms with Gasteiger partial charge in [0.1, 0.15) is 0 Å². The van der Waals surface area contributed by atoms with Crippen molar-refractivity contribution in [3.8, 4) is 11.3 Å². The van der Waals surface area contributed by atoms with Crippen LogP contribution in [0.3, 0.4) is 0 Å². The Bertz CT molecular complexity index is 882. The Labute approximate surface area is 137 Å². The molecule has 0 radical (unpaired) electrons. The van der Waals surface area contributed by atoms with Gasteiger partial charge >= 0.3 is 0 Å². The number of anilines is 1. The number of aromatic nitrogens is 4. The molecule has 4 rings (SSSR count). The van der Waals surface area contributed by atoms with Crippen LogP contribution in [-0.4, -0.2) is 26.6 Å². The van der Waals surface area contributed by atoms with Gasteiger partial charge in [0.05, 0.1) is 11.9 Å². The molecule has 4 aromatic rings. The highest BCUT2D eigenvalue weighted by Crippen LogP contribution is 2.26. The number of rotatable bonds is 4. The molecule has 0 N–H and O–H groups in total. The van der Waals surface area contributed by atoms with Crippen molar-refractivity contribution in [3.05, 3.63) is 66.6 Å². The second-order valence-corrected chi connectivity index (χ2v) is 6.26. The number of nitrogens with zero attached hydrogens (tertiary/aromatic N) is 5. The maximum absolute atomic E-state index is 4.65. The SMILES string of the molecule is CN(Cc1ccccc1)c1nn2cc(-c3cccnc3)nc2s1. The molecule has 0 spiro atoms. The van der Waals surface area contributed by atoms with E-state index in [9.17, 15) is 0 Å². The molecule has 6 heteroatoms. The highest BCUT2D eigenvalue weighted by atomic mass is 32.1. The molecule has 0 aliphatic heterocycles. The Morgan fingerprint density at radius 1 is 1.13 bits per heavy atom. The van der Waals surface area contributed by atoms with Crippen molar-refractivity contribution in [2.75, 3.05) is 11.9 Å². The highest BCUT2D eigenvalue weighted by Gasteiger charge is 2.12. The summed E-state index contributed by atoms with van der Waals surface area (Å²) < 4.78 is 1.84. The highest BCUT2D eigenvalue weighted by molar-refractivity contribution is 7.20. The Kier molecular flexibility index (Phi) is 3.51. The third-order valence-electron chi connectivity index (χ3n) is 3.58. The van der Waals surface area contributed by atoms with E-state index in [-0.39, 0.29) is 0 Å². The minimum absolute atomic E-state index is 0.826. The molecule has 0 aliphatic carbocycles. The quantitative estimate of drug-likeness (QED) is 0.577. The normalized spacial score (nSPS) is 11.0. The van der Waals surface area contributed by atoms with E-state index in [0.29, 0.717) is 0 Å². The molecule has 0 atom stereocenters. The zero-order chi connectivity index (χ0) is 15.6. The van der Waals surface area contributed by atoms with E-state index in [1.54, 1.807) is 17.5 Å². The van der Waals surface area contributed by atoms with Crippen molar-refractivity contribution in [2.45, 2.75) is 6.54 Å². The van der Waals surface area contributed by atoms with Crippen molar-refractivity contribution in [1.82, 2.24) is 19.6 Å². The number of benzene rings is 1. The summed E-state index contributed by atoms with van der Waals surface area (Å²) in [5.74, 6) is 0. The van der Waals surface area contributed by atoms with Crippen LogP contribution < -0.4 is 4.90 Å². The van der Waals surface area contributed by atoms with Gasteiger partial charge < -0.3 is 4.90 Å². The van der Waals surface area contributed by atoms with Gasteiger partial charge in [-0.1, -0.05) is 41.7 Å². The fraction of sp³-hybridized carbons (Fsp3) is 0.118. The Balaban J connectivity index is 1.59. The van der Waals surface area contributed by atoms with Gasteiger partial charge in [-0.25, -0.2) is 9.50 Å². The van der Waals surface area contributed by atoms with Gasteiger partial charge in [0, 0.05) is 31.5 Å². The average Bonchev–Trinajstić information content (AvgIpc) is 3.15. The van der Waals surface area contributed by atoms with E-state index in [1.807, 2.05) is 42.2 Å². The minimum atomic E-state index is 0.826. The van der Waals surface area contributed by atoms with Crippen molar-refractivity contribution >= 4 is 21.4 Å². The largest absolute Gasteiger partial charge is 0.345 e. The summed E-state index contributed by atoms with van der Waals surface area (Å²) >= 11 is 1.59. The van der Waals surface area contributed by atoms with E-state index in [0.717, 1.165) is 27.9 Å². The number of hydrogen-bond acceptors (Lipinski definition) is 5. The summed E-state index contributed by atoms with van der Waals surface area (Å²) in [6.45, 7) is 0.826. The predicted molar refractivity (Wildman–Crippen MR) is 92.6 cm³/mol. The second-order valence-electron chi connectivity index (χ2n) is 5.32. The van der Waals surface area contributed by atoms with Crippen LogP contribution in [0.4, 0.5) is 5.13 Å². The number of fused-ring (bicyclic) bond motifs is 1. The third kappa shape index (κ3) is 2.80. The van der Waals surface area contributed by atoms with Crippen molar-refractivity contribution in [3.63, 3.8) is 0 Å². The van der Waals surface area contributed by atoms with Crippen LogP contribution in [0.2, 0.25) is 0 Å². The number of pyridine rings is 1. The van der Waals surface area contributed by atoms with E-state index in [4.69, 9.17) is 0 Å². The van der Waals surface area contributed by atoms with E-state index >= 15 is 0 Å². The van der Waals surface area contributed by atoms with Gasteiger partial charge in [-0.3, -0.25) is 4.98 Å². The lowest BCUT2D eigenvalue weighted by Crippen LogP contribution is -2.16. The van der Waals surface area contributed by atoms with Crippen LogP contribution in [0, 0.1) is 0 Å². The molecular weight excluding hydrogens is 306 g/mol. The van der Waals surface area contributed by atoms with Crippen molar-refractivity contribution in [1.29, 1.82) is 0 Å². The molecule has 23 heavy (non-hydrogen) atoms. The smallest absolute Gasteiger partial charge is 0.214 e. The summed E-state index contributed by atoms with van der Waals surface area (Å²) in [5, 5.41) is 5.59. The fourth-order valence-corrected chi connectivity index (χ4v) is 3.27. The molecule has 0 fully saturated rings. The van der Waals surface area contributed by atoms with Gasteiger partial charge in [0.15, 0.2) is 0 Å². The summed E-state index contributed by atoms with van der Waals surface area (Å²) in [4.78, 5) is 11.8. The first kappa shape index (κ1) is 13.9. The summed E-state index contributed by atoms with van der Waals surface area (Å²) in [5.41, 5.74) is 3.16. The molecule has 0 saturated heterocycles. The first-order valence-corrected chi connectivity index (χ1v) is 8.13. The predicted octanol–water partition coefficient (Wildman–Crippen LogP) is 3.49. The first-order valence-electron chi connectivity index (χ1n) is 7.31. The topological polar surface area (TPSA) is 46.3 Å². The molecule has 0 saturated carbocycles. The Morgan fingerprint density at radius 3 is 2.74 bits per heavy atom. The minimum Gasteiger partial charge on any atom is -0.345 e. The lowest BCUT2D eigenvalue weighted by molar-refractivity contribution is 0.870. The van der Waals surface area contributed by atoms with Gasteiger partial charge in [-0.05, 0) is 17.7 Å². The zero-order valence-corrected chi connectivity index (χ0v) is 13.4. The molecule has 0 bridgehead atoms. The monoisotopic (exact) mass is 321 g/mol. The molecule has 0 aliphatic rings. The van der Waals surface area contributed by atoms with E-state index in [1.165, 1.54) is 5.56 Å². The van der Waals surface area contributed by atoms with Gasteiger partial charge in [-0.15, -0.1) is 5.10 Å². The van der Waals surface area contributed by atoms with Crippen LogP contribution in [-0.2, 0) is 6.54 Å². The van der Waals surface area contributed by atoms with Crippen LogP contribution in [0.1, 0.15) is 5.56 Å². The molecule has 0 amide bonds. The average molecular weight is 321 g/mol. The number of hydrogen-bond donors (Lipinski definition) is 0. The lowest BCUT2D eigenvalue weighted by Gasteiger charge is -2.14. The first-order chi connectivity index (χ1) is 11.3. The Hall–Kier alpha value is -2.73. The van der Waals surface area contributed by atoms with Crippen molar-refractivity contribution in [2.24, 2.45) is 0 Å². The molecule has 114 valence electrons. The maximum Gasteiger partial charge on any atom is 0.214 e. The maximum atomic E-state index is 4.65. The fourth-order valence-electron chi connectivity index (χ4n) is 2.42. The summed E-state index contributed by atoms with van der Waals surface area (Å²) in [6.07, 6.45) is 5.52. The van der Waals surface area contributed by atoms with Gasteiger partial charge in [0.25, 0.3) is 0 Å². The summed E-state index contributed by atoms with van der Waals surface area (Å²) in [6, 6.07) is 14.3. The van der Waals surface area contributed by atoms with Gasteiger partial charge in [0.2, 0.25) is 10.1 Å². The second kappa shape index (κ2) is 5.81. The molecular formula is C17H15N5S. The number of imidazole rings is 1. The molecule has 5 nitrogen and oxygen atoms in total. The molecule has 3 heterocycles. The molecule has 0 unspecified atom stereocenters. The van der Waals surface area contributed by atoms with Crippen LogP contribution in [0.5, 0.6) is 0 Å². The van der Waals surface area contributed by atoms with Gasteiger partial charge in [-0.2, -0.15) is 0 Å². The van der Waals surface area contributed by atoms with Crippen LogP contribution in [0.15, 0.2) is 61.1 Å². The summed E-state index contributed by atoms with van der Waals surface area (Å²) in [7, 11) is 2.05. The van der Waals surface area contributed by atoms with E-state index < -0.39 is 0 Å². The standard InChI is InChI=1S/C17H15N5S/c1-21(11-13-6-3-2-4-7-13)17-20-22-12-15(19-16(22)23-17)14-8-5-9-18-10-14/h2-10,12H,11H2,1H3. The van der Waals surface area contributed by atoms with Crippen LogP contribution >= 0.6 is 11.3 Å². The lowest BCUT2D eigenvalue weighted by atomic mass is 10.2. The van der Waals surface area contributed by atoms with E-state index in [2.05, 4.69) is 44.2 Å². The van der Waals surface area contributed by atoms with Crippen molar-refractivity contribution < 1.29 is 0 Å². The molecule has 3 aromatic heterocycles. The van der Waals surface area contributed by atoms with Crippen LogP contribution in [0.25, 0.3) is 16.2 Å². The zero-order valence-electron chi connectivity index (χ0n) is 12.6. The molecule has 1 aromatic carbocycles. The third-order valence-corrected chi connectivity index (χ3v) is 4.62.